The highest BCUT2D eigenvalue weighted by Crippen LogP contribution is 2.32. The van der Waals surface area contributed by atoms with Crippen LogP contribution < -0.4 is 11.1 Å². The number of carbonyl (C=O) groups is 1. The fraction of sp³-hybridized carbons (Fsp3) is 0.235. The quantitative estimate of drug-likeness (QED) is 0.830. The molecule has 4 heteroatoms. The van der Waals surface area contributed by atoms with Gasteiger partial charge in [0, 0.05) is 11.4 Å². The molecule has 0 aromatic heterocycles. The van der Waals surface area contributed by atoms with Crippen LogP contribution in [0.4, 0.5) is 15.8 Å². The first-order valence-corrected chi connectivity index (χ1v) is 7.08. The van der Waals surface area contributed by atoms with Crippen LogP contribution in [0.25, 0.3) is 0 Å². The second kappa shape index (κ2) is 5.56. The number of nitrogens with two attached hydrogens (primary N) is 1. The molecule has 0 aliphatic heterocycles. The highest BCUT2D eigenvalue weighted by Gasteiger charge is 2.26. The Kier molecular flexibility index (Phi) is 3.60. The van der Waals surface area contributed by atoms with Gasteiger partial charge in [-0.2, -0.15) is 0 Å². The Bertz CT molecular complexity index is 664. The number of carbonyl (C=O) groups excluding carboxylic acids is 1. The minimum absolute atomic E-state index is 0.104. The highest BCUT2D eigenvalue weighted by atomic mass is 19.1. The fourth-order valence-electron chi connectivity index (χ4n) is 2.94. The van der Waals surface area contributed by atoms with E-state index in [4.69, 9.17) is 5.73 Å². The molecule has 3 N–H and O–H groups in total. The summed E-state index contributed by atoms with van der Waals surface area (Å²) in [4.78, 5) is 12.5. The molecule has 1 aliphatic carbocycles. The van der Waals surface area contributed by atoms with Crippen LogP contribution in [0.1, 0.15) is 29.9 Å². The predicted molar refractivity (Wildman–Crippen MR) is 81.6 cm³/mol. The Balaban J connectivity index is 1.83. The first-order chi connectivity index (χ1) is 10.1. The number of anilines is 2. The van der Waals surface area contributed by atoms with Gasteiger partial charge in [-0.25, -0.2) is 4.39 Å². The largest absolute Gasteiger partial charge is 0.399 e. The van der Waals surface area contributed by atoms with Crippen LogP contribution in [0.2, 0.25) is 0 Å². The van der Waals surface area contributed by atoms with Crippen LogP contribution in [0, 0.1) is 5.82 Å². The second-order valence-corrected chi connectivity index (χ2v) is 5.41. The number of fused-ring (bicyclic) bond motifs is 1. The van der Waals surface area contributed by atoms with E-state index in [0.717, 1.165) is 24.8 Å². The topological polar surface area (TPSA) is 55.1 Å². The van der Waals surface area contributed by atoms with E-state index in [1.54, 1.807) is 6.07 Å². The maximum Gasteiger partial charge on any atom is 0.231 e. The van der Waals surface area contributed by atoms with Crippen molar-refractivity contribution in [2.24, 2.45) is 0 Å². The summed E-state index contributed by atoms with van der Waals surface area (Å²) in [5.41, 5.74) is 8.60. The van der Waals surface area contributed by atoms with E-state index < -0.39 is 5.82 Å². The Hall–Kier alpha value is -2.36. The van der Waals surface area contributed by atoms with Crippen molar-refractivity contribution in [1.29, 1.82) is 0 Å². The Morgan fingerprint density at radius 3 is 2.86 bits per heavy atom. The van der Waals surface area contributed by atoms with Gasteiger partial charge in [-0.3, -0.25) is 4.79 Å². The lowest BCUT2D eigenvalue weighted by atomic mass is 9.82. The summed E-state index contributed by atoms with van der Waals surface area (Å²) in [6.45, 7) is 0. The van der Waals surface area contributed by atoms with Crippen molar-refractivity contribution in [3.63, 3.8) is 0 Å². The molecular formula is C17H17FN2O. The molecule has 108 valence electrons. The molecule has 1 atom stereocenters. The van der Waals surface area contributed by atoms with Gasteiger partial charge in [0.1, 0.15) is 5.82 Å². The maximum absolute atomic E-state index is 13.3. The average Bonchev–Trinajstić information content (AvgIpc) is 2.45. The molecule has 0 fully saturated rings. The van der Waals surface area contributed by atoms with Crippen LogP contribution in [0.5, 0.6) is 0 Å². The lowest BCUT2D eigenvalue weighted by Gasteiger charge is -2.24. The first kappa shape index (κ1) is 13.6. The van der Waals surface area contributed by atoms with Crippen molar-refractivity contribution < 1.29 is 9.18 Å². The molecule has 21 heavy (non-hydrogen) atoms. The normalized spacial score (nSPS) is 17.1. The predicted octanol–water partition coefficient (Wildman–Crippen LogP) is 3.47. The van der Waals surface area contributed by atoms with Gasteiger partial charge in [0.25, 0.3) is 0 Å². The van der Waals surface area contributed by atoms with Crippen molar-refractivity contribution in [2.75, 3.05) is 11.1 Å². The SMILES string of the molecule is Nc1cc(F)cc(NC(=O)C2CCCc3ccccc32)c1. The molecule has 1 unspecified atom stereocenters. The van der Waals surface area contributed by atoms with Gasteiger partial charge < -0.3 is 11.1 Å². The first-order valence-electron chi connectivity index (χ1n) is 7.08. The van der Waals surface area contributed by atoms with Crippen molar-refractivity contribution in [2.45, 2.75) is 25.2 Å². The van der Waals surface area contributed by atoms with Crippen LogP contribution >= 0.6 is 0 Å². The van der Waals surface area contributed by atoms with Crippen LogP contribution in [0.3, 0.4) is 0 Å². The molecule has 0 saturated heterocycles. The van der Waals surface area contributed by atoms with E-state index in [1.807, 2.05) is 18.2 Å². The molecule has 0 bridgehead atoms. The van der Waals surface area contributed by atoms with Crippen molar-refractivity contribution in [3.05, 3.63) is 59.4 Å². The molecule has 3 nitrogen and oxygen atoms in total. The van der Waals surface area contributed by atoms with E-state index in [0.29, 0.717) is 11.4 Å². The smallest absolute Gasteiger partial charge is 0.231 e. The monoisotopic (exact) mass is 284 g/mol. The van der Waals surface area contributed by atoms with Crippen LogP contribution in [0.15, 0.2) is 42.5 Å². The summed E-state index contributed by atoms with van der Waals surface area (Å²) < 4.78 is 13.3. The molecular weight excluding hydrogens is 267 g/mol. The van der Waals surface area contributed by atoms with Crippen molar-refractivity contribution in [3.8, 4) is 0 Å². The molecule has 3 rings (SSSR count). The third-order valence-electron chi connectivity index (χ3n) is 3.87. The number of hydrogen-bond donors (Lipinski definition) is 2. The van der Waals surface area contributed by atoms with Crippen LogP contribution in [-0.2, 0) is 11.2 Å². The summed E-state index contributed by atoms with van der Waals surface area (Å²) >= 11 is 0. The van der Waals surface area contributed by atoms with Crippen molar-refractivity contribution >= 4 is 17.3 Å². The lowest BCUT2D eigenvalue weighted by Crippen LogP contribution is -2.24. The second-order valence-electron chi connectivity index (χ2n) is 5.41. The number of nitrogens with one attached hydrogen (secondary N) is 1. The summed E-state index contributed by atoms with van der Waals surface area (Å²) in [6.07, 6.45) is 2.81. The van der Waals surface area contributed by atoms with E-state index in [-0.39, 0.29) is 11.8 Å². The number of hydrogen-bond acceptors (Lipinski definition) is 2. The lowest BCUT2D eigenvalue weighted by molar-refractivity contribution is -0.117. The Morgan fingerprint density at radius 1 is 1.24 bits per heavy atom. The van der Waals surface area contributed by atoms with E-state index >= 15 is 0 Å². The van der Waals surface area contributed by atoms with Crippen LogP contribution in [-0.4, -0.2) is 5.91 Å². The zero-order valence-corrected chi connectivity index (χ0v) is 11.6. The number of benzene rings is 2. The zero-order chi connectivity index (χ0) is 14.8. The minimum atomic E-state index is -0.450. The Morgan fingerprint density at radius 2 is 2.05 bits per heavy atom. The van der Waals surface area contributed by atoms with Gasteiger partial charge in [-0.05, 0) is 48.6 Å². The van der Waals surface area contributed by atoms with Gasteiger partial charge in [-0.1, -0.05) is 24.3 Å². The van der Waals surface area contributed by atoms with E-state index in [9.17, 15) is 9.18 Å². The van der Waals surface area contributed by atoms with E-state index in [2.05, 4.69) is 11.4 Å². The molecule has 2 aromatic carbocycles. The highest BCUT2D eigenvalue weighted by molar-refractivity contribution is 5.96. The number of nitrogen functional groups attached to an aromatic ring is 1. The third-order valence-corrected chi connectivity index (χ3v) is 3.87. The van der Waals surface area contributed by atoms with Gasteiger partial charge in [-0.15, -0.1) is 0 Å². The number of halogens is 1. The molecule has 0 radical (unpaired) electrons. The zero-order valence-electron chi connectivity index (χ0n) is 11.6. The maximum atomic E-state index is 13.3. The minimum Gasteiger partial charge on any atom is -0.399 e. The van der Waals surface area contributed by atoms with Gasteiger partial charge in [0.15, 0.2) is 0 Å². The average molecular weight is 284 g/mol. The fourth-order valence-corrected chi connectivity index (χ4v) is 2.94. The molecule has 0 spiro atoms. The molecule has 2 aromatic rings. The van der Waals surface area contributed by atoms with E-state index in [1.165, 1.54) is 17.7 Å². The van der Waals surface area contributed by atoms with Gasteiger partial charge >= 0.3 is 0 Å². The van der Waals surface area contributed by atoms with Gasteiger partial charge in [0.2, 0.25) is 5.91 Å². The standard InChI is InChI=1S/C17H17FN2O/c18-12-8-13(19)10-14(9-12)20-17(21)16-7-3-5-11-4-1-2-6-15(11)16/h1-2,4,6,8-10,16H,3,5,7,19H2,(H,20,21). The number of amides is 1. The summed E-state index contributed by atoms with van der Waals surface area (Å²) in [6, 6.07) is 12.1. The van der Waals surface area contributed by atoms with Crippen molar-refractivity contribution in [1.82, 2.24) is 0 Å². The number of rotatable bonds is 2. The molecule has 0 saturated carbocycles. The molecule has 0 heterocycles. The molecule has 1 aliphatic rings. The summed E-state index contributed by atoms with van der Waals surface area (Å²) in [5, 5.41) is 2.78. The summed E-state index contributed by atoms with van der Waals surface area (Å²) in [7, 11) is 0. The van der Waals surface area contributed by atoms with Gasteiger partial charge in [0.05, 0.1) is 5.92 Å². The Labute approximate surface area is 123 Å². The third kappa shape index (κ3) is 2.89. The molecule has 1 amide bonds. The summed E-state index contributed by atoms with van der Waals surface area (Å²) in [5.74, 6) is -0.735. The number of aryl methyl sites for hydroxylation is 1.